The van der Waals surface area contributed by atoms with Crippen LogP contribution in [-0.4, -0.2) is 6.61 Å². The smallest absolute Gasteiger partial charge is 0.387 e. The molecule has 0 radical (unpaired) electrons. The van der Waals surface area contributed by atoms with Crippen LogP contribution in [0.25, 0.3) is 0 Å². The summed E-state index contributed by atoms with van der Waals surface area (Å²) in [4.78, 5) is 0. The fourth-order valence-corrected chi connectivity index (χ4v) is 4.92. The van der Waals surface area contributed by atoms with Crippen LogP contribution in [0, 0.1) is 23.6 Å². The summed E-state index contributed by atoms with van der Waals surface area (Å²) in [6.07, 6.45) is 10.0. The largest absolute Gasteiger partial charge is 0.432 e. The molecule has 134 valence electrons. The van der Waals surface area contributed by atoms with Gasteiger partial charge in [0.05, 0.1) is 0 Å². The van der Waals surface area contributed by atoms with Crippen molar-refractivity contribution in [1.82, 2.24) is 0 Å². The highest BCUT2D eigenvalue weighted by atomic mass is 19.3. The van der Waals surface area contributed by atoms with Crippen LogP contribution in [0.2, 0.25) is 0 Å². The normalized spacial score (nSPS) is 30.2. The zero-order chi connectivity index (χ0) is 17.1. The molecule has 2 fully saturated rings. The van der Waals surface area contributed by atoms with Gasteiger partial charge in [-0.15, -0.1) is 0 Å². The van der Waals surface area contributed by atoms with E-state index in [9.17, 15) is 13.2 Å². The Morgan fingerprint density at radius 1 is 1.08 bits per heavy atom. The first-order valence-electron chi connectivity index (χ1n) is 9.31. The molecule has 1 aromatic rings. The maximum atomic E-state index is 14.0. The maximum absolute atomic E-state index is 14.0. The second-order valence-electron chi connectivity index (χ2n) is 7.57. The van der Waals surface area contributed by atoms with E-state index in [1.165, 1.54) is 50.7 Å². The first-order valence-corrected chi connectivity index (χ1v) is 9.31. The van der Waals surface area contributed by atoms with E-state index < -0.39 is 12.4 Å². The van der Waals surface area contributed by atoms with Gasteiger partial charge in [0.25, 0.3) is 0 Å². The molecule has 2 aliphatic rings. The number of ether oxygens (including phenoxy) is 1. The average Bonchev–Trinajstić information content (AvgIpc) is 2.56. The van der Waals surface area contributed by atoms with Gasteiger partial charge in [0.15, 0.2) is 11.6 Å². The number of fused-ring (bicyclic) bond motifs is 1. The zero-order valence-electron chi connectivity index (χ0n) is 14.3. The van der Waals surface area contributed by atoms with Crippen molar-refractivity contribution in [2.45, 2.75) is 70.8 Å². The molecule has 0 amide bonds. The third kappa shape index (κ3) is 4.07. The van der Waals surface area contributed by atoms with Crippen molar-refractivity contribution in [2.75, 3.05) is 0 Å². The highest BCUT2D eigenvalue weighted by Gasteiger charge is 2.35. The van der Waals surface area contributed by atoms with Gasteiger partial charge < -0.3 is 4.74 Å². The molecule has 2 aliphatic carbocycles. The van der Waals surface area contributed by atoms with Crippen molar-refractivity contribution in [3.8, 4) is 5.75 Å². The Labute approximate surface area is 142 Å². The van der Waals surface area contributed by atoms with Gasteiger partial charge in [-0.1, -0.05) is 32.3 Å². The molecule has 0 heterocycles. The Hall–Kier alpha value is -1.19. The van der Waals surface area contributed by atoms with Crippen molar-refractivity contribution in [3.05, 3.63) is 29.6 Å². The molecule has 2 saturated carbocycles. The summed E-state index contributed by atoms with van der Waals surface area (Å²) < 4.78 is 42.7. The van der Waals surface area contributed by atoms with Gasteiger partial charge in [-0.05, 0) is 73.5 Å². The summed E-state index contributed by atoms with van der Waals surface area (Å²) in [6, 6.07) is 4.50. The molecule has 4 atom stereocenters. The molecule has 4 unspecified atom stereocenters. The van der Waals surface area contributed by atoms with Gasteiger partial charge in [0, 0.05) is 0 Å². The van der Waals surface area contributed by atoms with Crippen LogP contribution >= 0.6 is 0 Å². The summed E-state index contributed by atoms with van der Waals surface area (Å²) in [5, 5.41) is 0. The minimum Gasteiger partial charge on any atom is -0.432 e. The molecular formula is C20H27F3O. The Morgan fingerprint density at radius 3 is 2.54 bits per heavy atom. The van der Waals surface area contributed by atoms with E-state index in [0.717, 1.165) is 36.2 Å². The van der Waals surface area contributed by atoms with E-state index in [1.54, 1.807) is 6.07 Å². The van der Waals surface area contributed by atoms with Crippen molar-refractivity contribution in [2.24, 2.45) is 17.8 Å². The molecule has 0 saturated heterocycles. The van der Waals surface area contributed by atoms with E-state index in [1.807, 2.05) is 0 Å². The average molecular weight is 340 g/mol. The lowest BCUT2D eigenvalue weighted by Gasteiger charge is -2.42. The Kier molecular flexibility index (Phi) is 5.72. The predicted molar refractivity (Wildman–Crippen MR) is 88.9 cm³/mol. The maximum Gasteiger partial charge on any atom is 0.387 e. The van der Waals surface area contributed by atoms with Crippen LogP contribution in [0.5, 0.6) is 5.75 Å². The SMILES string of the molecule is CCCC1CCC2CC(c3ccc(OC(F)F)c(F)c3)CCC2C1. The first-order chi connectivity index (χ1) is 11.6. The Bertz CT molecular complexity index is 546. The summed E-state index contributed by atoms with van der Waals surface area (Å²) in [5.41, 5.74) is 0.934. The first kappa shape index (κ1) is 17.6. The van der Waals surface area contributed by atoms with Crippen LogP contribution in [0.1, 0.15) is 69.8 Å². The van der Waals surface area contributed by atoms with E-state index in [4.69, 9.17) is 0 Å². The molecule has 1 nitrogen and oxygen atoms in total. The Balaban J connectivity index is 1.62. The van der Waals surface area contributed by atoms with Gasteiger partial charge in [-0.25, -0.2) is 4.39 Å². The predicted octanol–water partition coefficient (Wildman–Crippen LogP) is 6.53. The number of rotatable bonds is 5. The third-order valence-corrected chi connectivity index (χ3v) is 6.06. The number of hydrogen-bond acceptors (Lipinski definition) is 1. The van der Waals surface area contributed by atoms with E-state index >= 15 is 0 Å². The second kappa shape index (κ2) is 7.79. The number of alkyl halides is 2. The Morgan fingerprint density at radius 2 is 1.83 bits per heavy atom. The topological polar surface area (TPSA) is 9.23 Å². The molecule has 24 heavy (non-hydrogen) atoms. The van der Waals surface area contributed by atoms with Gasteiger partial charge in [0.1, 0.15) is 0 Å². The fraction of sp³-hybridized carbons (Fsp3) is 0.700. The number of benzene rings is 1. The molecule has 1 aromatic carbocycles. The second-order valence-corrected chi connectivity index (χ2v) is 7.57. The van der Waals surface area contributed by atoms with Crippen LogP contribution < -0.4 is 4.74 Å². The van der Waals surface area contributed by atoms with Crippen LogP contribution in [0.3, 0.4) is 0 Å². The lowest BCUT2D eigenvalue weighted by Crippen LogP contribution is -2.30. The lowest BCUT2D eigenvalue weighted by atomic mass is 9.63. The standard InChI is InChI=1S/C20H27F3O/c1-2-3-13-4-5-15-11-16(7-6-14(15)10-13)17-8-9-19(18(21)12-17)24-20(22)23/h8-9,12-16,20H,2-7,10-11H2,1H3. The molecule has 4 heteroatoms. The van der Waals surface area contributed by atoms with Gasteiger partial charge in [0.2, 0.25) is 0 Å². The fourth-order valence-electron chi connectivity index (χ4n) is 4.92. The van der Waals surface area contributed by atoms with Gasteiger partial charge in [-0.3, -0.25) is 0 Å². The minimum atomic E-state index is -2.99. The monoisotopic (exact) mass is 340 g/mol. The van der Waals surface area contributed by atoms with Crippen molar-refractivity contribution in [3.63, 3.8) is 0 Å². The summed E-state index contributed by atoms with van der Waals surface area (Å²) in [7, 11) is 0. The quantitative estimate of drug-likeness (QED) is 0.592. The molecule has 0 aliphatic heterocycles. The van der Waals surface area contributed by atoms with Gasteiger partial charge in [-0.2, -0.15) is 8.78 Å². The van der Waals surface area contributed by atoms with Crippen LogP contribution in [0.4, 0.5) is 13.2 Å². The highest BCUT2D eigenvalue weighted by molar-refractivity contribution is 5.31. The van der Waals surface area contributed by atoms with Crippen LogP contribution in [0.15, 0.2) is 18.2 Å². The van der Waals surface area contributed by atoms with Gasteiger partial charge >= 0.3 is 6.61 Å². The van der Waals surface area contributed by atoms with Crippen LogP contribution in [-0.2, 0) is 0 Å². The van der Waals surface area contributed by atoms with Crippen molar-refractivity contribution < 1.29 is 17.9 Å². The summed E-state index contributed by atoms with van der Waals surface area (Å²) >= 11 is 0. The zero-order valence-corrected chi connectivity index (χ0v) is 14.3. The molecule has 0 bridgehead atoms. The molecule has 3 rings (SSSR count). The van der Waals surface area contributed by atoms with Crippen molar-refractivity contribution in [1.29, 1.82) is 0 Å². The van der Waals surface area contributed by atoms with E-state index in [-0.39, 0.29) is 5.75 Å². The minimum absolute atomic E-state index is 0.351. The van der Waals surface area contributed by atoms with E-state index in [0.29, 0.717) is 5.92 Å². The number of hydrogen-bond donors (Lipinski definition) is 0. The van der Waals surface area contributed by atoms with E-state index in [2.05, 4.69) is 11.7 Å². The molecular weight excluding hydrogens is 313 g/mol. The molecule has 0 N–H and O–H groups in total. The summed E-state index contributed by atoms with van der Waals surface area (Å²) in [6.45, 7) is -0.724. The molecule has 0 spiro atoms. The third-order valence-electron chi connectivity index (χ3n) is 6.06. The van der Waals surface area contributed by atoms with Crippen molar-refractivity contribution >= 4 is 0 Å². The summed E-state index contributed by atoms with van der Waals surface area (Å²) in [5.74, 6) is 1.79. The highest BCUT2D eigenvalue weighted by Crippen LogP contribution is 2.48. The number of halogens is 3. The molecule has 0 aromatic heterocycles. The lowest BCUT2D eigenvalue weighted by molar-refractivity contribution is -0.0522.